The van der Waals surface area contributed by atoms with Gasteiger partial charge < -0.3 is 0 Å². The van der Waals surface area contributed by atoms with Crippen molar-refractivity contribution < 1.29 is 0 Å². The lowest BCUT2D eigenvalue weighted by Gasteiger charge is -2.12. The van der Waals surface area contributed by atoms with Crippen molar-refractivity contribution in [3.63, 3.8) is 0 Å². The first-order valence-electron chi connectivity index (χ1n) is 11.3. The van der Waals surface area contributed by atoms with Crippen molar-refractivity contribution >= 4 is 53.1 Å². The Morgan fingerprint density at radius 3 is 1.91 bits per heavy atom. The van der Waals surface area contributed by atoms with Gasteiger partial charge in [0.05, 0.1) is 0 Å². The van der Waals surface area contributed by atoms with E-state index >= 15 is 0 Å². The molecule has 0 amide bonds. The summed E-state index contributed by atoms with van der Waals surface area (Å²) in [6.07, 6.45) is 0. The Morgan fingerprint density at radius 1 is 0.394 bits per heavy atom. The maximum Gasteiger partial charge on any atom is 0.0433 e. The molecule has 0 spiro atoms. The number of rotatable bonds is 2. The number of hydrogen-bond acceptors (Lipinski definition) is 1. The Kier molecular flexibility index (Phi) is 4.12. The van der Waals surface area contributed by atoms with Gasteiger partial charge in [0.2, 0.25) is 0 Å². The monoisotopic (exact) mass is 436 g/mol. The lowest BCUT2D eigenvalue weighted by atomic mass is 9.91. The summed E-state index contributed by atoms with van der Waals surface area (Å²) < 4.78 is 2.70. The molecule has 1 heteroatoms. The predicted molar refractivity (Wildman–Crippen MR) is 145 cm³/mol. The Morgan fingerprint density at radius 2 is 1.03 bits per heavy atom. The lowest BCUT2D eigenvalue weighted by Crippen LogP contribution is -1.86. The second-order valence-electron chi connectivity index (χ2n) is 8.55. The minimum Gasteiger partial charge on any atom is -0.135 e. The van der Waals surface area contributed by atoms with E-state index in [0.717, 1.165) is 0 Å². The summed E-state index contributed by atoms with van der Waals surface area (Å²) in [5, 5.41) is 7.88. The molecule has 0 aliphatic carbocycles. The zero-order valence-corrected chi connectivity index (χ0v) is 18.8. The van der Waals surface area contributed by atoms with Gasteiger partial charge in [-0.05, 0) is 62.0 Å². The van der Waals surface area contributed by atoms with E-state index in [1.165, 1.54) is 64.0 Å². The standard InChI is InChI=1S/C32H20S/c1-2-12-24-23(9-1)20-30(27-14-4-3-13-26(24)27)22-11-7-10-21(19-22)25-16-8-17-29-28-15-5-6-18-31(28)33-32(25)29/h1-20H. The lowest BCUT2D eigenvalue weighted by molar-refractivity contribution is 1.64. The zero-order valence-electron chi connectivity index (χ0n) is 18.0. The average Bonchev–Trinajstić information content (AvgIpc) is 3.27. The van der Waals surface area contributed by atoms with Gasteiger partial charge >= 0.3 is 0 Å². The molecule has 0 unspecified atom stereocenters. The highest BCUT2D eigenvalue weighted by Gasteiger charge is 2.12. The third-order valence-corrected chi connectivity index (χ3v) is 7.88. The largest absolute Gasteiger partial charge is 0.135 e. The summed E-state index contributed by atoms with van der Waals surface area (Å²) in [5.74, 6) is 0. The topological polar surface area (TPSA) is 0 Å². The van der Waals surface area contributed by atoms with Crippen molar-refractivity contribution in [1.82, 2.24) is 0 Å². The molecule has 1 aromatic heterocycles. The predicted octanol–water partition coefficient (Wildman–Crippen LogP) is 9.69. The van der Waals surface area contributed by atoms with Crippen molar-refractivity contribution in [3.8, 4) is 22.3 Å². The first-order valence-corrected chi connectivity index (χ1v) is 12.1. The maximum atomic E-state index is 2.36. The Balaban J connectivity index is 1.48. The molecule has 0 N–H and O–H groups in total. The van der Waals surface area contributed by atoms with E-state index in [-0.39, 0.29) is 0 Å². The Bertz CT molecular complexity index is 1820. The van der Waals surface area contributed by atoms with Crippen LogP contribution in [0.4, 0.5) is 0 Å². The number of benzene rings is 6. The molecule has 0 atom stereocenters. The van der Waals surface area contributed by atoms with Gasteiger partial charge in [-0.2, -0.15) is 0 Å². The highest BCUT2D eigenvalue weighted by atomic mass is 32.1. The molecule has 0 aliphatic rings. The van der Waals surface area contributed by atoms with E-state index in [2.05, 4.69) is 121 Å². The molecule has 0 saturated heterocycles. The zero-order chi connectivity index (χ0) is 21.8. The summed E-state index contributed by atoms with van der Waals surface area (Å²) in [5.41, 5.74) is 5.12. The summed E-state index contributed by atoms with van der Waals surface area (Å²) in [6.45, 7) is 0. The number of hydrogen-bond donors (Lipinski definition) is 0. The molecule has 0 radical (unpaired) electrons. The van der Waals surface area contributed by atoms with Gasteiger partial charge in [0.1, 0.15) is 0 Å². The number of thiophene rings is 1. The molecule has 0 bridgehead atoms. The fourth-order valence-corrected chi connectivity index (χ4v) is 6.36. The Labute approximate surface area is 196 Å². The molecule has 1 heterocycles. The highest BCUT2D eigenvalue weighted by molar-refractivity contribution is 7.26. The molecule has 7 aromatic rings. The van der Waals surface area contributed by atoms with Crippen LogP contribution in [-0.4, -0.2) is 0 Å². The van der Waals surface area contributed by atoms with Crippen LogP contribution in [0, 0.1) is 0 Å². The fraction of sp³-hybridized carbons (Fsp3) is 0. The van der Waals surface area contributed by atoms with Crippen LogP contribution in [0.15, 0.2) is 121 Å². The third-order valence-electron chi connectivity index (χ3n) is 6.66. The Hall–Kier alpha value is -3.94. The van der Waals surface area contributed by atoms with Gasteiger partial charge in [0.25, 0.3) is 0 Å². The van der Waals surface area contributed by atoms with Gasteiger partial charge in [-0.25, -0.2) is 0 Å². The fourth-order valence-electron chi connectivity index (χ4n) is 5.12. The van der Waals surface area contributed by atoms with Gasteiger partial charge in [-0.3, -0.25) is 0 Å². The van der Waals surface area contributed by atoms with Gasteiger partial charge in [-0.15, -0.1) is 11.3 Å². The van der Waals surface area contributed by atoms with Gasteiger partial charge in [-0.1, -0.05) is 103 Å². The van der Waals surface area contributed by atoms with Crippen molar-refractivity contribution in [1.29, 1.82) is 0 Å². The first kappa shape index (κ1) is 18.6. The summed E-state index contributed by atoms with van der Waals surface area (Å²) in [7, 11) is 0. The molecule has 0 saturated carbocycles. The van der Waals surface area contributed by atoms with E-state index in [1.54, 1.807) is 0 Å². The second-order valence-corrected chi connectivity index (χ2v) is 9.60. The second kappa shape index (κ2) is 7.30. The molecular formula is C32H20S. The molecule has 33 heavy (non-hydrogen) atoms. The number of fused-ring (bicyclic) bond motifs is 6. The molecular weight excluding hydrogens is 416 g/mol. The summed E-state index contributed by atoms with van der Waals surface area (Å²) in [4.78, 5) is 0. The molecule has 6 aromatic carbocycles. The maximum absolute atomic E-state index is 2.36. The quantitative estimate of drug-likeness (QED) is 0.237. The first-order chi connectivity index (χ1) is 16.4. The SMILES string of the molecule is c1cc(-c2cc3ccccc3c3ccccc23)cc(-c2cccc3c2sc2ccccc23)c1. The van der Waals surface area contributed by atoms with Crippen LogP contribution in [0.1, 0.15) is 0 Å². The van der Waals surface area contributed by atoms with Crippen LogP contribution in [0.5, 0.6) is 0 Å². The smallest absolute Gasteiger partial charge is 0.0433 e. The molecule has 154 valence electrons. The van der Waals surface area contributed by atoms with E-state index in [0.29, 0.717) is 0 Å². The normalized spacial score (nSPS) is 11.6. The van der Waals surface area contributed by atoms with E-state index in [4.69, 9.17) is 0 Å². The van der Waals surface area contributed by atoms with Crippen LogP contribution in [-0.2, 0) is 0 Å². The molecule has 0 aliphatic heterocycles. The summed E-state index contributed by atoms with van der Waals surface area (Å²) in [6, 6.07) is 44.2. The van der Waals surface area contributed by atoms with Gasteiger partial charge in [0.15, 0.2) is 0 Å². The van der Waals surface area contributed by atoms with Crippen molar-refractivity contribution in [2.45, 2.75) is 0 Å². The van der Waals surface area contributed by atoms with Crippen molar-refractivity contribution in [3.05, 3.63) is 121 Å². The van der Waals surface area contributed by atoms with Crippen LogP contribution in [0.25, 0.3) is 64.0 Å². The molecule has 0 fully saturated rings. The third kappa shape index (κ3) is 2.90. The van der Waals surface area contributed by atoms with E-state index in [1.807, 2.05) is 11.3 Å². The van der Waals surface area contributed by atoms with Gasteiger partial charge in [0, 0.05) is 20.2 Å². The van der Waals surface area contributed by atoms with Crippen LogP contribution in [0.2, 0.25) is 0 Å². The minimum absolute atomic E-state index is 1.26. The summed E-state index contributed by atoms with van der Waals surface area (Å²) >= 11 is 1.89. The molecule has 7 rings (SSSR count). The van der Waals surface area contributed by atoms with Crippen LogP contribution < -0.4 is 0 Å². The highest BCUT2D eigenvalue weighted by Crippen LogP contribution is 2.41. The minimum atomic E-state index is 1.26. The molecule has 0 nitrogen and oxygen atoms in total. The van der Waals surface area contributed by atoms with Crippen LogP contribution in [0.3, 0.4) is 0 Å². The van der Waals surface area contributed by atoms with Crippen LogP contribution >= 0.6 is 11.3 Å². The van der Waals surface area contributed by atoms with E-state index in [9.17, 15) is 0 Å². The van der Waals surface area contributed by atoms with Crippen molar-refractivity contribution in [2.24, 2.45) is 0 Å². The van der Waals surface area contributed by atoms with E-state index < -0.39 is 0 Å². The average molecular weight is 437 g/mol. The van der Waals surface area contributed by atoms with Crippen molar-refractivity contribution in [2.75, 3.05) is 0 Å².